The van der Waals surface area contributed by atoms with E-state index in [0.717, 1.165) is 84.6 Å². The lowest BCUT2D eigenvalue weighted by Gasteiger charge is -2.34. The van der Waals surface area contributed by atoms with Crippen molar-refractivity contribution in [3.05, 3.63) is 300 Å². The van der Waals surface area contributed by atoms with Gasteiger partial charge >= 0.3 is 0 Å². The smallest absolute Gasteiger partial charge is 0.261 e. The highest BCUT2D eigenvalue weighted by Crippen LogP contribution is 2.34. The molecule has 6 N–H and O–H groups in total. The molecule has 6 amide bonds. The lowest BCUT2D eigenvalue weighted by atomic mass is 9.93. The molecule has 0 unspecified atom stereocenters. The number of nitrogens with zero attached hydrogens (tertiary/aromatic N) is 12. The molecule has 0 spiro atoms. The second-order valence-corrected chi connectivity index (χ2v) is 24.2. The number of amides is 6. The summed E-state index contributed by atoms with van der Waals surface area (Å²) in [6.07, 6.45) is 12.8. The molecule has 0 aliphatic carbocycles. The van der Waals surface area contributed by atoms with Crippen LogP contribution in [0.1, 0.15) is 66.0 Å². The Labute approximate surface area is 588 Å². The van der Waals surface area contributed by atoms with Crippen LogP contribution in [0.15, 0.2) is 244 Å². The highest BCUT2D eigenvalue weighted by molar-refractivity contribution is 6.27. The van der Waals surface area contributed by atoms with Gasteiger partial charge in [0.2, 0.25) is 11.8 Å². The van der Waals surface area contributed by atoms with E-state index < -0.39 is 0 Å². The first-order valence-electron chi connectivity index (χ1n) is 33.5. The van der Waals surface area contributed by atoms with Crippen molar-refractivity contribution in [1.82, 2.24) is 70.2 Å². The van der Waals surface area contributed by atoms with E-state index in [0.29, 0.717) is 73.4 Å². The van der Waals surface area contributed by atoms with Crippen molar-refractivity contribution >= 4 is 57.6 Å². The van der Waals surface area contributed by atoms with Gasteiger partial charge in [0.05, 0.1) is 60.3 Å². The molecule has 1 saturated heterocycles. The Balaban J connectivity index is 0.000000165. The number of piperazine rings is 1. The third kappa shape index (κ3) is 22.8. The van der Waals surface area contributed by atoms with Crippen LogP contribution in [0.2, 0.25) is 0 Å². The standard InChI is InChI=1S/C29H25N5O3.C27H33N7O2.C22H25N5O/c1-2-16-34-28(36)23-11-7-10-22-25(13-12-24(27(22)23)29(34)37)32-26(35)19-33(17-20-8-3-5-14-30-20)18-21-9-4-6-15-31-21;35-26(21-33-16-14-32(15-17-33)18-23-8-2-1-3-9-23)30-31-27(36)22-34(19-24-10-4-6-12-28-24)20-25-11-5-7-13-29-25;23-12-11-18-7-9-19(10-8-18)26-22(28)17-27(15-20-5-1-3-13-24-20)16-21-6-2-4-14-25-21/h2-15H,1,16-19H2,(H,32,35);1-13H,14-22H2,(H,30,35)(H,31,36);1-10,13-14H,11-12,15-17,23H2,(H,26,28). The van der Waals surface area contributed by atoms with Gasteiger partial charge in [-0.2, -0.15) is 0 Å². The van der Waals surface area contributed by atoms with Gasteiger partial charge in [0, 0.05) is 149 Å². The Bertz CT molecular complexity index is 4130. The Morgan fingerprint density at radius 3 is 1.29 bits per heavy atom. The molecule has 2 aliphatic heterocycles. The summed E-state index contributed by atoms with van der Waals surface area (Å²) in [5, 5.41) is 7.14. The second-order valence-electron chi connectivity index (χ2n) is 24.2. The first-order chi connectivity index (χ1) is 49.4. The fourth-order valence-corrected chi connectivity index (χ4v) is 11.7. The zero-order chi connectivity index (χ0) is 70.4. The van der Waals surface area contributed by atoms with Crippen molar-refractivity contribution in [1.29, 1.82) is 0 Å². The summed E-state index contributed by atoms with van der Waals surface area (Å²) in [5.74, 6) is -1.55. The normalized spacial score (nSPS) is 12.8. The average Bonchev–Trinajstić information content (AvgIpc) is 0.742. The topological polar surface area (TPSA) is 273 Å². The van der Waals surface area contributed by atoms with E-state index in [9.17, 15) is 28.8 Å². The number of benzene rings is 4. The summed E-state index contributed by atoms with van der Waals surface area (Å²) in [7, 11) is 0. The third-order valence-electron chi connectivity index (χ3n) is 16.4. The fraction of sp³-hybridized carbons (Fsp3) is 0.231. The van der Waals surface area contributed by atoms with E-state index in [-0.39, 0.29) is 68.2 Å². The number of hydrazine groups is 1. The first-order valence-corrected chi connectivity index (χ1v) is 33.5. The molecule has 0 saturated carbocycles. The number of aromatic nitrogens is 6. The van der Waals surface area contributed by atoms with Crippen LogP contribution < -0.4 is 27.2 Å². The number of hydrogen-bond donors (Lipinski definition) is 5. The van der Waals surface area contributed by atoms with Crippen molar-refractivity contribution in [2.75, 3.05) is 76.1 Å². The summed E-state index contributed by atoms with van der Waals surface area (Å²) in [4.78, 5) is 115. The monoisotopic (exact) mass is 1350 g/mol. The van der Waals surface area contributed by atoms with E-state index in [2.05, 4.69) is 92.0 Å². The first kappa shape index (κ1) is 72.3. The van der Waals surface area contributed by atoms with Crippen molar-refractivity contribution in [3.8, 4) is 0 Å². The molecule has 10 aromatic rings. The van der Waals surface area contributed by atoms with Gasteiger partial charge in [-0.1, -0.05) is 97.1 Å². The molecule has 23 heteroatoms. The Morgan fingerprint density at radius 1 is 0.436 bits per heavy atom. The van der Waals surface area contributed by atoms with Crippen LogP contribution in [0.5, 0.6) is 0 Å². The van der Waals surface area contributed by atoms with Gasteiger partial charge in [0.25, 0.3) is 23.6 Å². The zero-order valence-corrected chi connectivity index (χ0v) is 56.3. The number of nitrogens with one attached hydrogen (secondary N) is 4. The molecule has 0 bridgehead atoms. The van der Waals surface area contributed by atoms with Gasteiger partial charge < -0.3 is 16.4 Å². The van der Waals surface area contributed by atoms with E-state index >= 15 is 0 Å². The Hall–Kier alpha value is -11.4. The predicted molar refractivity (Wildman–Crippen MR) is 388 cm³/mol. The maximum absolute atomic E-state index is 13.2. The van der Waals surface area contributed by atoms with E-state index in [1.165, 1.54) is 16.5 Å². The number of nitrogens with two attached hydrogens (primary N) is 1. The van der Waals surface area contributed by atoms with Crippen LogP contribution in [0, 0.1) is 0 Å². The lowest BCUT2D eigenvalue weighted by molar-refractivity contribution is -0.130. The zero-order valence-electron chi connectivity index (χ0n) is 56.3. The van der Waals surface area contributed by atoms with Gasteiger partial charge in [-0.15, -0.1) is 6.58 Å². The molecule has 0 atom stereocenters. The van der Waals surface area contributed by atoms with Crippen LogP contribution in [-0.2, 0) is 71.4 Å². The van der Waals surface area contributed by atoms with Crippen LogP contribution in [0.25, 0.3) is 10.8 Å². The summed E-state index contributed by atoms with van der Waals surface area (Å²) in [5.41, 5.74) is 20.6. The molecule has 12 rings (SSSR count). The number of carbonyl (C=O) groups is 6. The van der Waals surface area contributed by atoms with Crippen LogP contribution in [0.4, 0.5) is 11.4 Å². The summed E-state index contributed by atoms with van der Waals surface area (Å²) in [6.45, 7) is 12.5. The largest absolute Gasteiger partial charge is 0.330 e. The third-order valence-corrected chi connectivity index (χ3v) is 16.4. The number of pyridine rings is 6. The van der Waals surface area contributed by atoms with Gasteiger partial charge in [0.1, 0.15) is 0 Å². The molecule has 0 radical (unpaired) electrons. The summed E-state index contributed by atoms with van der Waals surface area (Å²) in [6, 6.07) is 61.2. The molecule has 101 heavy (non-hydrogen) atoms. The molecular weight excluding hydrogens is 1270 g/mol. The van der Waals surface area contributed by atoms with Gasteiger partial charge in [-0.25, -0.2) is 0 Å². The highest BCUT2D eigenvalue weighted by atomic mass is 16.2. The van der Waals surface area contributed by atoms with Crippen molar-refractivity contribution < 1.29 is 28.8 Å². The predicted octanol–water partition coefficient (Wildman–Crippen LogP) is 8.12. The van der Waals surface area contributed by atoms with Gasteiger partial charge in [-0.05, 0) is 127 Å². The highest BCUT2D eigenvalue weighted by Gasteiger charge is 2.33. The molecule has 8 heterocycles. The number of imide groups is 1. The van der Waals surface area contributed by atoms with Crippen LogP contribution in [-0.4, -0.2) is 160 Å². The molecule has 23 nitrogen and oxygen atoms in total. The van der Waals surface area contributed by atoms with Gasteiger partial charge in [-0.3, -0.25) is 98.9 Å². The van der Waals surface area contributed by atoms with E-state index in [4.69, 9.17) is 5.73 Å². The average molecular weight is 1350 g/mol. The minimum Gasteiger partial charge on any atom is -0.330 e. The number of carbonyl (C=O) groups excluding carboxylic acids is 6. The van der Waals surface area contributed by atoms with Crippen molar-refractivity contribution in [2.24, 2.45) is 5.73 Å². The minimum absolute atomic E-state index is 0.0709. The SMILES string of the molecule is C=CCN1C(=O)c2cccc3c(NC(=O)CN(Cc4ccccn4)Cc4ccccn4)ccc(c23)C1=O.NCCc1ccc(NC(=O)CN(Cc2ccccn2)Cc2ccccn2)cc1.O=C(CN1CCN(Cc2ccccc2)CC1)NNC(=O)CN(Cc1ccccn1)Cc1ccccn1. The van der Waals surface area contributed by atoms with E-state index in [1.54, 1.807) is 67.5 Å². The molecule has 516 valence electrons. The van der Waals surface area contributed by atoms with Crippen molar-refractivity contribution in [3.63, 3.8) is 0 Å². The number of anilines is 2. The summed E-state index contributed by atoms with van der Waals surface area (Å²) < 4.78 is 0. The van der Waals surface area contributed by atoms with Crippen LogP contribution >= 0.6 is 0 Å². The second kappa shape index (κ2) is 38.1. The molecule has 1 fully saturated rings. The molecule has 4 aromatic carbocycles. The number of hydrogen-bond acceptors (Lipinski definition) is 18. The maximum atomic E-state index is 13.2. The molecule has 6 aromatic heterocycles. The Morgan fingerprint density at radius 2 is 0.851 bits per heavy atom. The fourth-order valence-electron chi connectivity index (χ4n) is 11.7. The lowest BCUT2D eigenvalue weighted by Crippen LogP contribution is -2.52. The maximum Gasteiger partial charge on any atom is 0.261 e. The summed E-state index contributed by atoms with van der Waals surface area (Å²) >= 11 is 0. The van der Waals surface area contributed by atoms with E-state index in [1.807, 2.05) is 154 Å². The molecule has 2 aliphatic rings. The Kier molecular flexibility index (Phi) is 27.2. The molecular formula is C78H83N17O6. The van der Waals surface area contributed by atoms with Gasteiger partial charge in [0.15, 0.2) is 0 Å². The number of rotatable bonds is 28. The minimum atomic E-state index is -0.372. The van der Waals surface area contributed by atoms with Crippen molar-refractivity contribution in [2.45, 2.75) is 52.2 Å². The quantitative estimate of drug-likeness (QED) is 0.0176. The van der Waals surface area contributed by atoms with Crippen LogP contribution in [0.3, 0.4) is 0 Å².